The van der Waals surface area contributed by atoms with Crippen LogP contribution in [0, 0.1) is 6.92 Å². The van der Waals surface area contributed by atoms with Crippen molar-refractivity contribution in [3.63, 3.8) is 0 Å². The molecule has 0 unspecified atom stereocenters. The monoisotopic (exact) mass is 435 g/mol. The summed E-state index contributed by atoms with van der Waals surface area (Å²) in [6.07, 6.45) is -0.354. The van der Waals surface area contributed by atoms with Gasteiger partial charge in [0.25, 0.3) is 0 Å². The molecule has 0 aliphatic rings. The van der Waals surface area contributed by atoms with E-state index in [0.29, 0.717) is 11.4 Å². The fourth-order valence-electron chi connectivity index (χ4n) is 2.77. The van der Waals surface area contributed by atoms with E-state index in [1.165, 1.54) is 4.57 Å². The third kappa shape index (κ3) is 6.99. The van der Waals surface area contributed by atoms with Gasteiger partial charge in [-0.3, -0.25) is 4.57 Å². The van der Waals surface area contributed by atoms with Crippen LogP contribution in [0.3, 0.4) is 0 Å². The minimum atomic E-state index is -3.48. The summed E-state index contributed by atoms with van der Waals surface area (Å²) in [5.41, 5.74) is 1.15. The number of rotatable bonds is 6. The zero-order valence-electron chi connectivity index (χ0n) is 19.0. The highest BCUT2D eigenvalue weighted by Crippen LogP contribution is 2.20. The highest BCUT2D eigenvalue weighted by molar-refractivity contribution is 7.91. The van der Waals surface area contributed by atoms with Crippen LogP contribution in [-0.4, -0.2) is 36.0 Å². The molecule has 0 bridgehead atoms. The topological polar surface area (TPSA) is 74.6 Å². The fourth-order valence-corrected chi connectivity index (χ4v) is 4.03. The number of sulfone groups is 1. The molecular formula is C23H33NO5S. The van der Waals surface area contributed by atoms with E-state index in [9.17, 15) is 13.2 Å². The van der Waals surface area contributed by atoms with Crippen LogP contribution in [0.25, 0.3) is 0 Å². The minimum Gasteiger partial charge on any atom is -0.443 e. The highest BCUT2D eigenvalue weighted by atomic mass is 32.2. The van der Waals surface area contributed by atoms with Gasteiger partial charge in [0.2, 0.25) is 0 Å². The zero-order valence-corrected chi connectivity index (χ0v) is 19.8. The maximum Gasteiger partial charge on any atom is 0.419 e. The second-order valence-electron chi connectivity index (χ2n) is 9.41. The molecule has 7 heteroatoms. The van der Waals surface area contributed by atoms with E-state index in [2.05, 4.69) is 0 Å². The largest absolute Gasteiger partial charge is 0.443 e. The van der Waals surface area contributed by atoms with Crippen LogP contribution >= 0.6 is 0 Å². The Morgan fingerprint density at radius 1 is 0.900 bits per heavy atom. The second-order valence-corrected chi connectivity index (χ2v) is 11.5. The Hall–Kier alpha value is -2.12. The number of carbonyl (C=O) groups is 1. The molecule has 1 aromatic heterocycles. The number of hydrogen-bond acceptors (Lipinski definition) is 5. The van der Waals surface area contributed by atoms with E-state index in [-0.39, 0.29) is 29.3 Å². The average Bonchev–Trinajstić information content (AvgIpc) is 3.00. The first-order valence-electron chi connectivity index (χ1n) is 10.0. The van der Waals surface area contributed by atoms with Crippen molar-refractivity contribution in [2.24, 2.45) is 0 Å². The SMILES string of the molecule is Cc1ccc(S(=O)(=O)CCc2ccc(COC(C)(C)C)n2C(=O)OC(C)(C)C)cc1. The molecule has 1 heterocycles. The summed E-state index contributed by atoms with van der Waals surface area (Å²) in [5.74, 6) is -0.109. The van der Waals surface area contributed by atoms with Gasteiger partial charge >= 0.3 is 6.09 Å². The summed E-state index contributed by atoms with van der Waals surface area (Å²) >= 11 is 0. The van der Waals surface area contributed by atoms with Crippen molar-refractivity contribution in [3.8, 4) is 0 Å². The maximum atomic E-state index is 12.9. The standard InChI is InChI=1S/C23H33NO5S/c1-17-8-12-20(13-9-17)30(26,27)15-14-18-10-11-19(16-28-22(2,3)4)24(18)21(25)29-23(5,6)7/h8-13H,14-16H2,1-7H3. The summed E-state index contributed by atoms with van der Waals surface area (Å²) in [7, 11) is -3.48. The summed E-state index contributed by atoms with van der Waals surface area (Å²) < 4.78 is 38.3. The smallest absolute Gasteiger partial charge is 0.419 e. The molecule has 0 aliphatic heterocycles. The molecule has 0 fully saturated rings. The van der Waals surface area contributed by atoms with E-state index in [4.69, 9.17) is 9.47 Å². The Balaban J connectivity index is 2.28. The number of nitrogens with zero attached hydrogens (tertiary/aromatic N) is 1. The summed E-state index contributed by atoms with van der Waals surface area (Å²) in [6.45, 7) is 13.3. The Morgan fingerprint density at radius 2 is 1.47 bits per heavy atom. The lowest BCUT2D eigenvalue weighted by molar-refractivity contribution is -0.0184. The van der Waals surface area contributed by atoms with Crippen molar-refractivity contribution in [1.29, 1.82) is 0 Å². The first-order chi connectivity index (χ1) is 13.7. The Kier molecular flexibility index (Phi) is 7.20. The molecule has 0 aliphatic carbocycles. The third-order valence-corrected chi connectivity index (χ3v) is 6.01. The average molecular weight is 436 g/mol. The van der Waals surface area contributed by atoms with Crippen LogP contribution in [-0.2, 0) is 32.3 Å². The molecule has 166 valence electrons. The Morgan fingerprint density at radius 3 is 2.00 bits per heavy atom. The van der Waals surface area contributed by atoms with Gasteiger partial charge in [-0.2, -0.15) is 0 Å². The predicted octanol–water partition coefficient (Wildman–Crippen LogP) is 4.91. The van der Waals surface area contributed by atoms with Gasteiger partial charge in [0.15, 0.2) is 9.84 Å². The quantitative estimate of drug-likeness (QED) is 0.644. The second kappa shape index (κ2) is 8.94. The molecule has 0 amide bonds. The molecule has 0 N–H and O–H groups in total. The summed E-state index contributed by atoms with van der Waals surface area (Å²) in [6, 6.07) is 10.3. The van der Waals surface area contributed by atoms with Crippen molar-refractivity contribution in [3.05, 3.63) is 53.3 Å². The van der Waals surface area contributed by atoms with Crippen LogP contribution in [0.2, 0.25) is 0 Å². The third-order valence-electron chi connectivity index (χ3n) is 4.28. The van der Waals surface area contributed by atoms with E-state index >= 15 is 0 Å². The van der Waals surface area contributed by atoms with Crippen LogP contribution in [0.1, 0.15) is 58.5 Å². The number of carbonyl (C=O) groups excluding carboxylic acids is 1. The van der Waals surface area contributed by atoms with Crippen LogP contribution in [0.15, 0.2) is 41.3 Å². The molecule has 6 nitrogen and oxygen atoms in total. The van der Waals surface area contributed by atoms with Crippen molar-refractivity contribution in [2.75, 3.05) is 5.75 Å². The lowest BCUT2D eigenvalue weighted by atomic mass is 10.2. The number of aromatic nitrogens is 1. The van der Waals surface area contributed by atoms with Crippen molar-refractivity contribution in [1.82, 2.24) is 4.57 Å². The van der Waals surface area contributed by atoms with Gasteiger partial charge < -0.3 is 9.47 Å². The van der Waals surface area contributed by atoms with Crippen molar-refractivity contribution < 1.29 is 22.7 Å². The van der Waals surface area contributed by atoms with E-state index in [1.54, 1.807) is 57.2 Å². The van der Waals surface area contributed by atoms with Gasteiger partial charge in [-0.1, -0.05) is 17.7 Å². The summed E-state index contributed by atoms with van der Waals surface area (Å²) in [5, 5.41) is 0. The highest BCUT2D eigenvalue weighted by Gasteiger charge is 2.24. The molecule has 0 saturated heterocycles. The van der Waals surface area contributed by atoms with E-state index in [1.807, 2.05) is 27.7 Å². The van der Waals surface area contributed by atoms with E-state index in [0.717, 1.165) is 5.56 Å². The first kappa shape index (κ1) is 24.2. The number of hydrogen-bond donors (Lipinski definition) is 0. The number of aryl methyl sites for hydroxylation is 2. The zero-order chi connectivity index (χ0) is 22.7. The molecule has 2 rings (SSSR count). The maximum absolute atomic E-state index is 12.9. The van der Waals surface area contributed by atoms with Gasteiger partial charge in [0, 0.05) is 12.1 Å². The number of benzene rings is 1. The number of ether oxygens (including phenoxy) is 2. The molecular weight excluding hydrogens is 402 g/mol. The molecule has 30 heavy (non-hydrogen) atoms. The fraction of sp³-hybridized carbons (Fsp3) is 0.522. The molecule has 0 spiro atoms. The normalized spacial score (nSPS) is 12.8. The van der Waals surface area contributed by atoms with Crippen LogP contribution in [0.5, 0.6) is 0 Å². The first-order valence-corrected chi connectivity index (χ1v) is 11.7. The summed E-state index contributed by atoms with van der Waals surface area (Å²) in [4.78, 5) is 13.1. The van der Waals surface area contributed by atoms with Gasteiger partial charge in [-0.05, 0) is 72.7 Å². The van der Waals surface area contributed by atoms with E-state index < -0.39 is 21.5 Å². The molecule has 0 atom stereocenters. The van der Waals surface area contributed by atoms with Gasteiger partial charge in [-0.15, -0.1) is 0 Å². The lowest BCUT2D eigenvalue weighted by Gasteiger charge is -2.23. The molecule has 0 saturated carbocycles. The Labute approximate surface area is 180 Å². The molecule has 2 aromatic rings. The van der Waals surface area contributed by atoms with Crippen LogP contribution < -0.4 is 0 Å². The van der Waals surface area contributed by atoms with Gasteiger partial charge in [-0.25, -0.2) is 13.2 Å². The minimum absolute atomic E-state index is 0.109. The predicted molar refractivity (Wildman–Crippen MR) is 118 cm³/mol. The lowest BCUT2D eigenvalue weighted by Crippen LogP contribution is -2.30. The van der Waals surface area contributed by atoms with Gasteiger partial charge in [0.1, 0.15) is 5.60 Å². The molecule has 1 aromatic carbocycles. The van der Waals surface area contributed by atoms with Crippen LogP contribution in [0.4, 0.5) is 4.79 Å². The van der Waals surface area contributed by atoms with Crippen molar-refractivity contribution >= 4 is 15.9 Å². The Bertz CT molecular complexity index is 974. The van der Waals surface area contributed by atoms with Crippen molar-refractivity contribution in [2.45, 2.75) is 77.6 Å². The van der Waals surface area contributed by atoms with Gasteiger partial charge in [0.05, 0.1) is 28.6 Å². The molecule has 0 radical (unpaired) electrons.